The van der Waals surface area contributed by atoms with E-state index in [9.17, 15) is 0 Å². The molecule has 0 amide bonds. The molecule has 0 aliphatic heterocycles. The van der Waals surface area contributed by atoms with E-state index in [0.29, 0.717) is 23.6 Å². The van der Waals surface area contributed by atoms with Crippen molar-refractivity contribution in [2.45, 2.75) is 0 Å². The summed E-state index contributed by atoms with van der Waals surface area (Å²) in [7, 11) is 0. The van der Waals surface area contributed by atoms with Crippen LogP contribution in [0.2, 0.25) is 0 Å². The fourth-order valence-corrected chi connectivity index (χ4v) is 8.47. The van der Waals surface area contributed by atoms with Gasteiger partial charge in [0.1, 0.15) is 5.52 Å². The number of para-hydroxylation sites is 4. The molecule has 4 aromatic heterocycles. The zero-order valence-corrected chi connectivity index (χ0v) is 31.6. The Kier molecular flexibility index (Phi) is 7.40. The first kappa shape index (κ1) is 33.0. The number of nitrogens with zero attached hydrogens (tertiary/aromatic N) is 6. The second kappa shape index (κ2) is 13.2. The molecule has 276 valence electrons. The number of hydrogen-bond donors (Lipinski definition) is 0. The zero-order valence-electron chi connectivity index (χ0n) is 31.6. The molecule has 0 aliphatic carbocycles. The highest BCUT2D eigenvalue weighted by Crippen LogP contribution is 2.42. The Balaban J connectivity index is 1.15. The summed E-state index contributed by atoms with van der Waals surface area (Å²) in [6.45, 7) is 0. The SMILES string of the molecule is c1ccc(-c2ccc(-c3nc(-c4ccc(-c5ccccc5)cc4)nc(-n4c5ccccc5c5ccc6c7ccccc7n(-c7nc8ccccc8o7)c6c54)n3)cc2)cc1. The van der Waals surface area contributed by atoms with Crippen molar-refractivity contribution in [2.75, 3.05) is 0 Å². The Hall–Kier alpha value is -8.16. The minimum absolute atomic E-state index is 0.496. The highest BCUT2D eigenvalue weighted by Gasteiger charge is 2.25. The van der Waals surface area contributed by atoms with Gasteiger partial charge in [-0.1, -0.05) is 170 Å². The smallest absolute Gasteiger partial charge is 0.307 e. The van der Waals surface area contributed by atoms with Crippen molar-refractivity contribution in [2.24, 2.45) is 0 Å². The van der Waals surface area contributed by atoms with Crippen molar-refractivity contribution in [3.05, 3.63) is 194 Å². The molecule has 0 spiro atoms. The van der Waals surface area contributed by atoms with Gasteiger partial charge in [0.15, 0.2) is 17.2 Å². The highest BCUT2D eigenvalue weighted by molar-refractivity contribution is 6.23. The molecule has 0 saturated carbocycles. The number of fused-ring (bicyclic) bond motifs is 8. The monoisotopic (exact) mass is 756 g/mol. The van der Waals surface area contributed by atoms with Crippen molar-refractivity contribution in [1.29, 1.82) is 0 Å². The molecule has 0 saturated heterocycles. The van der Waals surface area contributed by atoms with E-state index >= 15 is 0 Å². The normalized spacial score (nSPS) is 11.7. The van der Waals surface area contributed by atoms with Crippen LogP contribution in [0.15, 0.2) is 199 Å². The molecule has 7 heteroatoms. The number of aromatic nitrogens is 6. The Labute approximate surface area is 338 Å². The fourth-order valence-electron chi connectivity index (χ4n) is 8.47. The Morgan fingerprint density at radius 3 is 1.32 bits per heavy atom. The quantitative estimate of drug-likeness (QED) is 0.169. The molecule has 0 unspecified atom stereocenters. The van der Waals surface area contributed by atoms with Gasteiger partial charge in [-0.25, -0.2) is 4.98 Å². The van der Waals surface area contributed by atoms with Crippen LogP contribution in [-0.4, -0.2) is 29.1 Å². The number of oxazole rings is 1. The highest BCUT2D eigenvalue weighted by atomic mass is 16.4. The van der Waals surface area contributed by atoms with Crippen molar-refractivity contribution in [3.63, 3.8) is 0 Å². The molecule has 8 aromatic carbocycles. The summed E-state index contributed by atoms with van der Waals surface area (Å²) < 4.78 is 10.9. The first-order valence-electron chi connectivity index (χ1n) is 19.6. The minimum atomic E-state index is 0.496. The lowest BCUT2D eigenvalue weighted by molar-refractivity contribution is 0.574. The maximum Gasteiger partial charge on any atom is 0.307 e. The van der Waals surface area contributed by atoms with E-state index in [-0.39, 0.29) is 0 Å². The number of hydrogen-bond acceptors (Lipinski definition) is 5. The lowest BCUT2D eigenvalue weighted by atomic mass is 10.0. The lowest BCUT2D eigenvalue weighted by Crippen LogP contribution is -2.07. The third-order valence-electron chi connectivity index (χ3n) is 11.3. The Morgan fingerprint density at radius 2 is 0.763 bits per heavy atom. The first-order valence-corrected chi connectivity index (χ1v) is 19.6. The molecule has 0 N–H and O–H groups in total. The van der Waals surface area contributed by atoms with Gasteiger partial charge < -0.3 is 4.42 Å². The predicted molar refractivity (Wildman–Crippen MR) is 238 cm³/mol. The van der Waals surface area contributed by atoms with Crippen LogP contribution in [0.4, 0.5) is 0 Å². The van der Waals surface area contributed by atoms with Crippen LogP contribution in [0.1, 0.15) is 0 Å². The molecule has 12 aromatic rings. The molecule has 0 fully saturated rings. The molecule has 59 heavy (non-hydrogen) atoms. The Morgan fingerprint density at radius 1 is 0.322 bits per heavy atom. The van der Waals surface area contributed by atoms with E-state index in [0.717, 1.165) is 88.1 Å². The van der Waals surface area contributed by atoms with Crippen molar-refractivity contribution in [3.8, 4) is 57.0 Å². The molecule has 12 rings (SSSR count). The number of rotatable bonds is 6. The van der Waals surface area contributed by atoms with E-state index in [4.69, 9.17) is 24.4 Å². The van der Waals surface area contributed by atoms with Gasteiger partial charge in [0.2, 0.25) is 5.95 Å². The van der Waals surface area contributed by atoms with E-state index in [1.165, 1.54) is 0 Å². The van der Waals surface area contributed by atoms with Crippen LogP contribution in [-0.2, 0) is 0 Å². The first-order chi connectivity index (χ1) is 29.2. The van der Waals surface area contributed by atoms with Crippen LogP contribution in [0.25, 0.3) is 112 Å². The summed E-state index contributed by atoms with van der Waals surface area (Å²) in [6.07, 6.45) is 0. The van der Waals surface area contributed by atoms with Crippen LogP contribution >= 0.6 is 0 Å². The van der Waals surface area contributed by atoms with Gasteiger partial charge in [-0.2, -0.15) is 15.0 Å². The third kappa shape index (κ3) is 5.36. The molecular weight excluding hydrogens is 725 g/mol. The second-order valence-electron chi connectivity index (χ2n) is 14.7. The molecular formula is C52H32N6O. The van der Waals surface area contributed by atoms with Gasteiger partial charge in [0.25, 0.3) is 0 Å². The van der Waals surface area contributed by atoms with E-state index in [1.807, 2.05) is 36.4 Å². The average molecular weight is 757 g/mol. The molecule has 4 heterocycles. The molecule has 0 aliphatic rings. The summed E-state index contributed by atoms with van der Waals surface area (Å²) in [4.78, 5) is 20.9. The topological polar surface area (TPSA) is 74.6 Å². The van der Waals surface area contributed by atoms with Crippen LogP contribution in [0.3, 0.4) is 0 Å². The number of benzene rings is 8. The van der Waals surface area contributed by atoms with Crippen LogP contribution < -0.4 is 0 Å². The van der Waals surface area contributed by atoms with Gasteiger partial charge in [0.05, 0.1) is 22.1 Å². The zero-order chi connectivity index (χ0) is 38.9. The average Bonchev–Trinajstić information content (AvgIpc) is 4.00. The maximum absolute atomic E-state index is 6.54. The molecule has 0 atom stereocenters. The maximum atomic E-state index is 6.54. The van der Waals surface area contributed by atoms with Crippen LogP contribution in [0, 0.1) is 0 Å². The summed E-state index contributed by atoms with van der Waals surface area (Å²) in [5, 5.41) is 4.32. The largest absolute Gasteiger partial charge is 0.423 e. The third-order valence-corrected chi connectivity index (χ3v) is 11.3. The van der Waals surface area contributed by atoms with Crippen LogP contribution in [0.5, 0.6) is 0 Å². The van der Waals surface area contributed by atoms with Crippen molar-refractivity contribution in [1.82, 2.24) is 29.1 Å². The minimum Gasteiger partial charge on any atom is -0.423 e. The molecule has 0 radical (unpaired) electrons. The predicted octanol–water partition coefficient (Wildman–Crippen LogP) is 12.9. The van der Waals surface area contributed by atoms with Gasteiger partial charge >= 0.3 is 6.01 Å². The van der Waals surface area contributed by atoms with E-state index in [1.54, 1.807) is 0 Å². The van der Waals surface area contributed by atoms with Crippen molar-refractivity contribution < 1.29 is 4.42 Å². The summed E-state index contributed by atoms with van der Waals surface area (Å²) in [6, 6.07) is 67.4. The summed E-state index contributed by atoms with van der Waals surface area (Å²) in [5.41, 5.74) is 11.7. The van der Waals surface area contributed by atoms with E-state index in [2.05, 4.69) is 167 Å². The molecule has 7 nitrogen and oxygen atoms in total. The van der Waals surface area contributed by atoms with Gasteiger partial charge in [0, 0.05) is 32.7 Å². The standard InChI is InChI=1S/C52H32N6O/c1-3-13-33(14-4-1)35-23-27-37(28-24-35)49-54-50(38-29-25-36(26-30-38)34-15-5-2-6-16-34)56-51(55-49)57-44-20-10-7-17-39(44)41-31-32-42-40-18-8-11-21-45(40)58(48(42)47(41)57)52-53-43-19-9-12-22-46(43)59-52/h1-32H. The molecule has 0 bridgehead atoms. The second-order valence-corrected chi connectivity index (χ2v) is 14.7. The summed E-state index contributed by atoms with van der Waals surface area (Å²) >= 11 is 0. The Bertz CT molecular complexity index is 3400. The fraction of sp³-hybridized carbons (Fsp3) is 0. The summed E-state index contributed by atoms with van der Waals surface area (Å²) in [5.74, 6) is 1.67. The van der Waals surface area contributed by atoms with E-state index < -0.39 is 0 Å². The van der Waals surface area contributed by atoms with Gasteiger partial charge in [-0.3, -0.25) is 9.13 Å². The van der Waals surface area contributed by atoms with Gasteiger partial charge in [-0.05, 0) is 46.5 Å². The van der Waals surface area contributed by atoms with Crippen molar-refractivity contribution >= 4 is 54.7 Å². The lowest BCUT2D eigenvalue weighted by Gasteiger charge is -2.13. The van der Waals surface area contributed by atoms with Gasteiger partial charge in [-0.15, -0.1) is 0 Å².